The lowest BCUT2D eigenvalue weighted by Crippen LogP contribution is -2.30. The third-order valence-corrected chi connectivity index (χ3v) is 4.27. The van der Waals surface area contributed by atoms with Gasteiger partial charge in [-0.1, -0.05) is 31.5 Å². The first-order chi connectivity index (χ1) is 12.7. The molecule has 0 aliphatic rings. The third-order valence-electron chi connectivity index (χ3n) is 4.27. The van der Waals surface area contributed by atoms with Gasteiger partial charge in [-0.05, 0) is 18.6 Å². The maximum absolute atomic E-state index is 12.7. The van der Waals surface area contributed by atoms with Gasteiger partial charge in [0.2, 0.25) is 0 Å². The normalized spacial score (nSPS) is 11.3. The fourth-order valence-electron chi connectivity index (χ4n) is 2.90. The Hall–Kier alpha value is -3.42. The van der Waals surface area contributed by atoms with Crippen molar-refractivity contribution in [1.29, 1.82) is 0 Å². The highest BCUT2D eigenvalue weighted by Crippen LogP contribution is 2.20. The van der Waals surface area contributed by atoms with Crippen molar-refractivity contribution in [1.82, 2.24) is 29.9 Å². The first-order valence-electron chi connectivity index (χ1n) is 8.51. The minimum absolute atomic E-state index is 0.194. The number of hydrogen-bond donors (Lipinski definition) is 2. The number of aromatic amines is 1. The predicted octanol–water partition coefficient (Wildman–Crippen LogP) is 2.42. The summed E-state index contributed by atoms with van der Waals surface area (Å²) in [6.07, 6.45) is 4.92. The van der Waals surface area contributed by atoms with Crippen molar-refractivity contribution in [3.05, 3.63) is 53.1 Å². The quantitative estimate of drug-likeness (QED) is 0.552. The largest absolute Gasteiger partial charge is 0.344 e. The molecule has 132 valence electrons. The molecule has 0 fully saturated rings. The van der Waals surface area contributed by atoms with Gasteiger partial charge < -0.3 is 5.32 Å². The number of hydrogen-bond acceptors (Lipinski definition) is 4. The van der Waals surface area contributed by atoms with E-state index >= 15 is 0 Å². The smallest absolute Gasteiger partial charge is 0.336 e. The molecule has 4 aromatic rings. The molecule has 0 radical (unpaired) electrons. The highest BCUT2D eigenvalue weighted by molar-refractivity contribution is 6.03. The zero-order valence-corrected chi connectivity index (χ0v) is 14.3. The van der Waals surface area contributed by atoms with Crippen molar-refractivity contribution in [2.24, 2.45) is 0 Å². The molecule has 1 aromatic carbocycles. The van der Waals surface area contributed by atoms with Crippen molar-refractivity contribution in [3.63, 3.8) is 0 Å². The van der Waals surface area contributed by atoms with Gasteiger partial charge in [0.1, 0.15) is 0 Å². The molecule has 0 aliphatic heterocycles. The molecule has 0 saturated carbocycles. The maximum Gasteiger partial charge on any atom is 0.344 e. The predicted molar refractivity (Wildman–Crippen MR) is 98.7 cm³/mol. The average Bonchev–Trinajstić information content (AvgIpc) is 3.24. The average molecular weight is 350 g/mol. The number of amides is 1. The van der Waals surface area contributed by atoms with Gasteiger partial charge in [-0.25, -0.2) is 14.5 Å². The summed E-state index contributed by atoms with van der Waals surface area (Å²) in [4.78, 5) is 29.3. The molecule has 4 rings (SSSR count). The number of nitrogens with zero attached hydrogens (tertiary/aromatic N) is 4. The molecule has 0 atom stereocenters. The second kappa shape index (κ2) is 6.47. The van der Waals surface area contributed by atoms with E-state index in [1.165, 1.54) is 15.6 Å². The number of nitrogens with one attached hydrogen (secondary N) is 2. The van der Waals surface area contributed by atoms with Gasteiger partial charge in [0.05, 0.1) is 28.2 Å². The first kappa shape index (κ1) is 16.1. The summed E-state index contributed by atoms with van der Waals surface area (Å²) in [5.74, 6) is 0. The van der Waals surface area contributed by atoms with Crippen LogP contribution in [0.2, 0.25) is 0 Å². The van der Waals surface area contributed by atoms with Crippen LogP contribution in [-0.4, -0.2) is 37.1 Å². The van der Waals surface area contributed by atoms with E-state index in [-0.39, 0.29) is 11.6 Å². The molecule has 1 amide bonds. The number of pyridine rings is 1. The molecule has 3 aromatic heterocycles. The summed E-state index contributed by atoms with van der Waals surface area (Å²) in [6.45, 7) is 2.64. The second-order valence-corrected chi connectivity index (χ2v) is 6.01. The van der Waals surface area contributed by atoms with Gasteiger partial charge in [-0.2, -0.15) is 9.78 Å². The third kappa shape index (κ3) is 2.55. The van der Waals surface area contributed by atoms with Crippen molar-refractivity contribution in [3.8, 4) is 5.69 Å². The Kier molecular flexibility index (Phi) is 4.00. The summed E-state index contributed by atoms with van der Waals surface area (Å²) < 4.78 is 2.69. The van der Waals surface area contributed by atoms with Crippen LogP contribution in [0, 0.1) is 0 Å². The summed E-state index contributed by atoms with van der Waals surface area (Å²) in [5.41, 5.74) is 1.55. The van der Waals surface area contributed by atoms with Gasteiger partial charge >= 0.3 is 6.03 Å². The van der Waals surface area contributed by atoms with Crippen molar-refractivity contribution in [2.75, 3.05) is 6.54 Å². The molecular formula is C18H18N6O2. The first-order valence-corrected chi connectivity index (χ1v) is 8.51. The fourth-order valence-corrected chi connectivity index (χ4v) is 2.90. The lowest BCUT2D eigenvalue weighted by Gasteiger charge is -2.04. The topological polar surface area (TPSA) is 97.6 Å². The van der Waals surface area contributed by atoms with Crippen LogP contribution in [0.25, 0.3) is 27.6 Å². The number of rotatable bonds is 4. The van der Waals surface area contributed by atoms with Gasteiger partial charge in [-0.3, -0.25) is 9.89 Å². The number of carbonyl (C=O) groups excluding carboxylic acids is 1. The Morgan fingerprint density at radius 1 is 1.19 bits per heavy atom. The number of aromatic nitrogens is 5. The van der Waals surface area contributed by atoms with Crippen molar-refractivity contribution >= 4 is 28.0 Å². The molecule has 0 bridgehead atoms. The summed E-state index contributed by atoms with van der Waals surface area (Å²) >= 11 is 0. The second-order valence-electron chi connectivity index (χ2n) is 6.01. The highest BCUT2D eigenvalue weighted by atomic mass is 16.2. The summed E-state index contributed by atoms with van der Waals surface area (Å²) in [7, 11) is 0. The monoisotopic (exact) mass is 350 g/mol. The number of H-pyrrole nitrogens is 1. The van der Waals surface area contributed by atoms with E-state index in [4.69, 9.17) is 0 Å². The zero-order valence-electron chi connectivity index (χ0n) is 14.3. The molecule has 2 N–H and O–H groups in total. The Morgan fingerprint density at radius 2 is 2.00 bits per heavy atom. The van der Waals surface area contributed by atoms with Crippen molar-refractivity contribution < 1.29 is 4.79 Å². The van der Waals surface area contributed by atoms with E-state index in [2.05, 4.69) is 27.4 Å². The molecular weight excluding hydrogens is 332 g/mol. The van der Waals surface area contributed by atoms with Crippen LogP contribution in [0.4, 0.5) is 4.79 Å². The maximum atomic E-state index is 12.7. The zero-order chi connectivity index (χ0) is 18.1. The minimum atomic E-state index is -0.329. The Labute approximate surface area is 148 Å². The van der Waals surface area contributed by atoms with E-state index in [1.807, 2.05) is 30.3 Å². The van der Waals surface area contributed by atoms with E-state index < -0.39 is 0 Å². The van der Waals surface area contributed by atoms with Crippen LogP contribution in [0.1, 0.15) is 19.8 Å². The lowest BCUT2D eigenvalue weighted by atomic mass is 10.2. The van der Waals surface area contributed by atoms with E-state index in [0.717, 1.165) is 18.5 Å². The molecule has 0 saturated heterocycles. The van der Waals surface area contributed by atoms with Gasteiger partial charge in [-0.15, -0.1) is 0 Å². The molecule has 8 nitrogen and oxygen atoms in total. The van der Waals surface area contributed by atoms with Crippen LogP contribution in [-0.2, 0) is 0 Å². The molecule has 0 spiro atoms. The molecule has 8 heteroatoms. The minimum Gasteiger partial charge on any atom is -0.336 e. The molecule has 26 heavy (non-hydrogen) atoms. The van der Waals surface area contributed by atoms with Crippen LogP contribution in [0.5, 0.6) is 0 Å². The SMILES string of the molecule is CCCCNC(=O)n1ncc2c3[nH]n(-c4ccccc4)c(=O)c3cnc21. The molecule has 3 heterocycles. The van der Waals surface area contributed by atoms with Crippen LogP contribution < -0.4 is 10.9 Å². The number of fused-ring (bicyclic) bond motifs is 3. The number of para-hydroxylation sites is 1. The number of unbranched alkanes of at least 4 members (excludes halogenated alkanes) is 1. The fraction of sp³-hybridized carbons (Fsp3) is 0.222. The Balaban J connectivity index is 1.82. The Morgan fingerprint density at radius 3 is 2.77 bits per heavy atom. The van der Waals surface area contributed by atoms with E-state index in [1.54, 1.807) is 6.20 Å². The summed E-state index contributed by atoms with van der Waals surface area (Å²) in [6, 6.07) is 8.96. The highest BCUT2D eigenvalue weighted by Gasteiger charge is 2.17. The lowest BCUT2D eigenvalue weighted by molar-refractivity contribution is 0.240. The van der Waals surface area contributed by atoms with E-state index in [0.29, 0.717) is 28.5 Å². The standard InChI is InChI=1S/C18H18N6O2/c1-2-3-9-19-18(26)24-16-13(11-21-24)15-14(10-20-16)17(25)23(22-15)12-7-5-4-6-8-12/h4-8,10-11,22H,2-3,9H2,1H3,(H,19,26). The van der Waals surface area contributed by atoms with Gasteiger partial charge in [0.15, 0.2) is 5.65 Å². The van der Waals surface area contributed by atoms with Gasteiger partial charge in [0, 0.05) is 12.7 Å². The van der Waals surface area contributed by atoms with Crippen LogP contribution in [0.15, 0.2) is 47.5 Å². The number of carbonyl (C=O) groups is 1. The van der Waals surface area contributed by atoms with E-state index in [9.17, 15) is 9.59 Å². The van der Waals surface area contributed by atoms with Crippen molar-refractivity contribution in [2.45, 2.75) is 19.8 Å². The van der Waals surface area contributed by atoms with Crippen LogP contribution in [0.3, 0.4) is 0 Å². The van der Waals surface area contributed by atoms with Crippen LogP contribution >= 0.6 is 0 Å². The Bertz CT molecular complexity index is 1140. The van der Waals surface area contributed by atoms with Gasteiger partial charge in [0.25, 0.3) is 5.56 Å². The number of benzene rings is 1. The molecule has 0 aliphatic carbocycles. The summed E-state index contributed by atoms with van der Waals surface area (Å²) in [5, 5.41) is 11.1. The molecule has 0 unspecified atom stereocenters.